The van der Waals surface area contributed by atoms with Crippen molar-refractivity contribution in [3.63, 3.8) is 0 Å². The maximum atomic E-state index is 12.3. The molecule has 6 heteroatoms. The molecule has 0 radical (unpaired) electrons. The van der Waals surface area contributed by atoms with Crippen LogP contribution in [0, 0.1) is 6.92 Å². The molecule has 1 N–H and O–H groups in total. The van der Waals surface area contributed by atoms with Crippen molar-refractivity contribution in [1.82, 2.24) is 4.98 Å². The number of thiazole rings is 1. The minimum Gasteiger partial charge on any atom is -0.497 e. The summed E-state index contributed by atoms with van der Waals surface area (Å²) in [7, 11) is 3.24. The Morgan fingerprint density at radius 1 is 1.20 bits per heavy atom. The molecule has 0 bridgehead atoms. The van der Waals surface area contributed by atoms with Gasteiger partial charge in [0, 0.05) is 6.42 Å². The number of aryl methyl sites for hydroxylation is 2. The summed E-state index contributed by atoms with van der Waals surface area (Å²) in [6.45, 7) is 2.02. The second-order valence-corrected chi connectivity index (χ2v) is 6.70. The number of nitrogens with one attached hydrogen (secondary N) is 1. The molecule has 1 amide bonds. The fraction of sp³-hybridized carbons (Fsp3) is 0.263. The van der Waals surface area contributed by atoms with Crippen molar-refractivity contribution < 1.29 is 14.3 Å². The van der Waals surface area contributed by atoms with Gasteiger partial charge in [0.05, 0.1) is 24.4 Å². The third kappa shape index (κ3) is 3.91. The summed E-state index contributed by atoms with van der Waals surface area (Å²) < 4.78 is 11.7. The number of anilines is 1. The molecule has 2 aromatic carbocycles. The molecule has 0 spiro atoms. The number of hydrogen-bond acceptors (Lipinski definition) is 5. The summed E-state index contributed by atoms with van der Waals surface area (Å²) in [5, 5.41) is 3.52. The topological polar surface area (TPSA) is 60.5 Å². The summed E-state index contributed by atoms with van der Waals surface area (Å²) >= 11 is 1.49. The molecule has 0 aliphatic heterocycles. The van der Waals surface area contributed by atoms with Crippen molar-refractivity contribution in [2.45, 2.75) is 19.8 Å². The van der Waals surface area contributed by atoms with E-state index in [9.17, 15) is 4.79 Å². The number of benzene rings is 2. The molecule has 1 aromatic heterocycles. The molecule has 130 valence electrons. The minimum atomic E-state index is -0.0680. The molecule has 0 unspecified atom stereocenters. The first-order valence-corrected chi connectivity index (χ1v) is 8.79. The number of carbonyl (C=O) groups is 1. The van der Waals surface area contributed by atoms with E-state index in [0.717, 1.165) is 32.8 Å². The van der Waals surface area contributed by atoms with Crippen LogP contribution in [0.3, 0.4) is 0 Å². The summed E-state index contributed by atoms with van der Waals surface area (Å²) in [4.78, 5) is 16.8. The number of nitrogens with zero attached hydrogens (tertiary/aromatic N) is 1. The number of aromatic nitrogens is 1. The Bertz CT molecular complexity index is 905. The Kier molecular flexibility index (Phi) is 5.19. The van der Waals surface area contributed by atoms with E-state index >= 15 is 0 Å². The van der Waals surface area contributed by atoms with Crippen LogP contribution in [-0.4, -0.2) is 25.1 Å². The van der Waals surface area contributed by atoms with Gasteiger partial charge in [-0.15, -0.1) is 0 Å². The van der Waals surface area contributed by atoms with Gasteiger partial charge in [0.25, 0.3) is 0 Å². The molecule has 1 heterocycles. The van der Waals surface area contributed by atoms with Crippen LogP contribution in [-0.2, 0) is 11.2 Å². The van der Waals surface area contributed by atoms with Gasteiger partial charge in [-0.05, 0) is 48.7 Å². The number of amides is 1. The van der Waals surface area contributed by atoms with Crippen LogP contribution in [0.2, 0.25) is 0 Å². The lowest BCUT2D eigenvalue weighted by atomic mass is 10.1. The SMILES string of the molecule is COc1ccc(OC)c(CCC(=O)Nc2nc3c(C)cccc3s2)c1. The fourth-order valence-electron chi connectivity index (χ4n) is 2.65. The van der Waals surface area contributed by atoms with Crippen molar-refractivity contribution in [3.05, 3.63) is 47.5 Å². The smallest absolute Gasteiger partial charge is 0.226 e. The molecule has 0 atom stereocenters. The zero-order valence-corrected chi connectivity index (χ0v) is 15.3. The molecule has 0 aliphatic carbocycles. The predicted molar refractivity (Wildman–Crippen MR) is 101 cm³/mol. The molecule has 25 heavy (non-hydrogen) atoms. The van der Waals surface area contributed by atoms with Gasteiger partial charge >= 0.3 is 0 Å². The van der Waals surface area contributed by atoms with Crippen LogP contribution in [0.1, 0.15) is 17.5 Å². The van der Waals surface area contributed by atoms with Crippen molar-refractivity contribution in [2.75, 3.05) is 19.5 Å². The van der Waals surface area contributed by atoms with Gasteiger partial charge in [-0.2, -0.15) is 0 Å². The van der Waals surface area contributed by atoms with E-state index in [1.165, 1.54) is 11.3 Å². The lowest BCUT2D eigenvalue weighted by Crippen LogP contribution is -2.12. The van der Waals surface area contributed by atoms with E-state index in [1.807, 2.05) is 43.3 Å². The average Bonchev–Trinajstić information content (AvgIpc) is 3.03. The maximum absolute atomic E-state index is 12.3. The fourth-order valence-corrected chi connectivity index (χ4v) is 3.61. The highest BCUT2D eigenvalue weighted by atomic mass is 32.1. The van der Waals surface area contributed by atoms with Crippen LogP contribution in [0.15, 0.2) is 36.4 Å². The number of carbonyl (C=O) groups excluding carboxylic acids is 1. The number of rotatable bonds is 6. The van der Waals surface area contributed by atoms with Crippen molar-refractivity contribution in [2.24, 2.45) is 0 Å². The summed E-state index contributed by atoms with van der Waals surface area (Å²) in [6.07, 6.45) is 0.911. The average molecular weight is 356 g/mol. The predicted octanol–water partition coefficient (Wildman–Crippen LogP) is 4.19. The van der Waals surface area contributed by atoms with Gasteiger partial charge < -0.3 is 14.8 Å². The van der Waals surface area contributed by atoms with E-state index in [2.05, 4.69) is 10.3 Å². The Morgan fingerprint density at radius 3 is 2.76 bits per heavy atom. The summed E-state index contributed by atoms with van der Waals surface area (Å²) in [6, 6.07) is 11.6. The highest BCUT2D eigenvalue weighted by Crippen LogP contribution is 2.28. The molecule has 0 fully saturated rings. The van der Waals surface area contributed by atoms with E-state index in [-0.39, 0.29) is 5.91 Å². The van der Waals surface area contributed by atoms with E-state index < -0.39 is 0 Å². The van der Waals surface area contributed by atoms with E-state index in [0.29, 0.717) is 18.0 Å². The number of fused-ring (bicyclic) bond motifs is 1. The zero-order valence-electron chi connectivity index (χ0n) is 14.5. The van der Waals surface area contributed by atoms with Gasteiger partial charge in [0.2, 0.25) is 5.91 Å². The van der Waals surface area contributed by atoms with Crippen molar-refractivity contribution in [1.29, 1.82) is 0 Å². The monoisotopic (exact) mass is 356 g/mol. The Balaban J connectivity index is 1.67. The Labute approximate surface area is 150 Å². The quantitative estimate of drug-likeness (QED) is 0.719. The number of hydrogen-bond donors (Lipinski definition) is 1. The lowest BCUT2D eigenvalue weighted by molar-refractivity contribution is -0.116. The molecule has 0 aliphatic rings. The third-order valence-electron chi connectivity index (χ3n) is 3.98. The Hall–Kier alpha value is -2.60. The highest BCUT2D eigenvalue weighted by Gasteiger charge is 2.11. The van der Waals surface area contributed by atoms with Gasteiger partial charge in [-0.3, -0.25) is 4.79 Å². The standard InChI is InChI=1S/C19H20N2O3S/c1-12-5-4-6-16-18(12)21-19(25-16)20-17(22)10-7-13-11-14(23-2)8-9-15(13)24-3/h4-6,8-9,11H,7,10H2,1-3H3,(H,20,21,22). The summed E-state index contributed by atoms with van der Waals surface area (Å²) in [5.41, 5.74) is 2.99. The van der Waals surface area contributed by atoms with Gasteiger partial charge in [0.15, 0.2) is 5.13 Å². The largest absolute Gasteiger partial charge is 0.497 e. The van der Waals surface area contributed by atoms with Crippen LogP contribution in [0.5, 0.6) is 11.5 Å². The van der Waals surface area contributed by atoms with Gasteiger partial charge in [-0.25, -0.2) is 4.98 Å². The van der Waals surface area contributed by atoms with Crippen molar-refractivity contribution >= 4 is 32.6 Å². The minimum absolute atomic E-state index is 0.0680. The number of methoxy groups -OCH3 is 2. The molecule has 3 aromatic rings. The normalized spacial score (nSPS) is 10.7. The Morgan fingerprint density at radius 2 is 2.04 bits per heavy atom. The summed E-state index contributed by atoms with van der Waals surface area (Å²) in [5.74, 6) is 1.43. The van der Waals surface area contributed by atoms with Crippen LogP contribution < -0.4 is 14.8 Å². The van der Waals surface area contributed by atoms with Crippen LogP contribution in [0.4, 0.5) is 5.13 Å². The number of ether oxygens (including phenoxy) is 2. The first-order chi connectivity index (χ1) is 12.1. The molecule has 5 nitrogen and oxygen atoms in total. The van der Waals surface area contributed by atoms with Crippen molar-refractivity contribution in [3.8, 4) is 11.5 Å². The van der Waals surface area contributed by atoms with Crippen LogP contribution >= 0.6 is 11.3 Å². The molecule has 0 saturated carbocycles. The number of para-hydroxylation sites is 1. The first-order valence-electron chi connectivity index (χ1n) is 7.97. The van der Waals surface area contributed by atoms with E-state index in [4.69, 9.17) is 9.47 Å². The lowest BCUT2D eigenvalue weighted by Gasteiger charge is -2.10. The van der Waals surface area contributed by atoms with Gasteiger partial charge in [0.1, 0.15) is 11.5 Å². The third-order valence-corrected chi connectivity index (χ3v) is 4.91. The van der Waals surface area contributed by atoms with Crippen LogP contribution in [0.25, 0.3) is 10.2 Å². The molecule has 3 rings (SSSR count). The highest BCUT2D eigenvalue weighted by molar-refractivity contribution is 7.22. The second kappa shape index (κ2) is 7.53. The first kappa shape index (κ1) is 17.2. The zero-order chi connectivity index (χ0) is 17.8. The van der Waals surface area contributed by atoms with Gasteiger partial charge in [-0.1, -0.05) is 23.5 Å². The molecular weight excluding hydrogens is 336 g/mol. The molecular formula is C19H20N2O3S. The molecule has 0 saturated heterocycles. The second-order valence-electron chi connectivity index (χ2n) is 5.67. The maximum Gasteiger partial charge on any atom is 0.226 e. The van der Waals surface area contributed by atoms with E-state index in [1.54, 1.807) is 14.2 Å².